The van der Waals surface area contributed by atoms with E-state index in [0.29, 0.717) is 6.42 Å². The molecule has 142 valence electrons. The number of hydrogen-bond acceptors (Lipinski definition) is 2. The Kier molecular flexibility index (Phi) is 16.4. The van der Waals surface area contributed by atoms with Gasteiger partial charge >= 0.3 is 0 Å². The van der Waals surface area contributed by atoms with Gasteiger partial charge in [0.1, 0.15) is 0 Å². The van der Waals surface area contributed by atoms with Crippen LogP contribution in [-0.2, 0) is 4.79 Å². The van der Waals surface area contributed by atoms with Crippen LogP contribution >= 0.6 is 0 Å². The Hall–Kier alpha value is -0.830. The Morgan fingerprint density at radius 3 is 2.33 bits per heavy atom. The zero-order chi connectivity index (χ0) is 18.0. The monoisotopic (exact) mass is 339 g/mol. The van der Waals surface area contributed by atoms with Crippen molar-refractivity contribution in [3.8, 4) is 0 Å². The number of aliphatic hydroxyl groups excluding tert-OH is 1. The minimum atomic E-state index is -0.157. The summed E-state index contributed by atoms with van der Waals surface area (Å²) >= 11 is 0. The molecule has 3 heteroatoms. The van der Waals surface area contributed by atoms with Crippen LogP contribution in [0.25, 0.3) is 0 Å². The fourth-order valence-electron chi connectivity index (χ4n) is 2.77. The van der Waals surface area contributed by atoms with Crippen LogP contribution in [0.4, 0.5) is 0 Å². The summed E-state index contributed by atoms with van der Waals surface area (Å²) in [5.41, 5.74) is 0. The molecule has 24 heavy (non-hydrogen) atoms. The molecule has 3 nitrogen and oxygen atoms in total. The second-order valence-corrected chi connectivity index (χ2v) is 7.24. The Morgan fingerprint density at radius 2 is 1.62 bits per heavy atom. The number of unbranched alkanes of at least 4 members (excludes halogenated alkanes) is 8. The van der Waals surface area contributed by atoms with Gasteiger partial charge in [0.25, 0.3) is 0 Å². The van der Waals surface area contributed by atoms with E-state index < -0.39 is 0 Å². The van der Waals surface area contributed by atoms with Crippen molar-refractivity contribution in [3.63, 3.8) is 0 Å². The summed E-state index contributed by atoms with van der Waals surface area (Å²) in [6, 6.07) is 0.249. The normalized spacial score (nSPS) is 12.9. The van der Waals surface area contributed by atoms with Crippen molar-refractivity contribution in [1.29, 1.82) is 0 Å². The van der Waals surface area contributed by atoms with Gasteiger partial charge in [-0.05, 0) is 46.0 Å². The molecule has 0 aliphatic carbocycles. The predicted molar refractivity (Wildman–Crippen MR) is 104 cm³/mol. The maximum Gasteiger partial charge on any atom is 0.220 e. The lowest BCUT2D eigenvalue weighted by Gasteiger charge is -2.07. The van der Waals surface area contributed by atoms with Crippen LogP contribution in [-0.4, -0.2) is 23.2 Å². The summed E-state index contributed by atoms with van der Waals surface area (Å²) < 4.78 is 0. The first-order valence-electron chi connectivity index (χ1n) is 10.2. The largest absolute Gasteiger partial charge is 0.393 e. The van der Waals surface area contributed by atoms with E-state index in [-0.39, 0.29) is 18.1 Å². The molecule has 0 spiro atoms. The molecule has 2 N–H and O–H groups in total. The van der Waals surface area contributed by atoms with E-state index in [4.69, 9.17) is 0 Å². The summed E-state index contributed by atoms with van der Waals surface area (Å²) in [5, 5.41) is 12.8. The van der Waals surface area contributed by atoms with Gasteiger partial charge in [0.05, 0.1) is 6.10 Å². The van der Waals surface area contributed by atoms with Gasteiger partial charge in [0.15, 0.2) is 0 Å². The van der Waals surface area contributed by atoms with Gasteiger partial charge in [-0.2, -0.15) is 0 Å². The van der Waals surface area contributed by atoms with E-state index in [2.05, 4.69) is 24.4 Å². The smallest absolute Gasteiger partial charge is 0.220 e. The lowest BCUT2D eigenvalue weighted by Crippen LogP contribution is -2.29. The first-order valence-corrected chi connectivity index (χ1v) is 10.2. The highest BCUT2D eigenvalue weighted by Crippen LogP contribution is 2.10. The zero-order valence-electron chi connectivity index (χ0n) is 16.4. The van der Waals surface area contributed by atoms with Crippen molar-refractivity contribution in [2.24, 2.45) is 0 Å². The van der Waals surface area contributed by atoms with Gasteiger partial charge in [0.2, 0.25) is 5.91 Å². The maximum absolute atomic E-state index is 11.5. The zero-order valence-corrected chi connectivity index (χ0v) is 16.4. The highest BCUT2D eigenvalue weighted by molar-refractivity contribution is 5.76. The number of amides is 1. The molecule has 0 heterocycles. The van der Waals surface area contributed by atoms with Crippen molar-refractivity contribution in [1.82, 2.24) is 5.32 Å². The van der Waals surface area contributed by atoms with Crippen LogP contribution in [0, 0.1) is 0 Å². The fourth-order valence-corrected chi connectivity index (χ4v) is 2.77. The molecule has 0 radical (unpaired) electrons. The number of rotatable bonds is 16. The Labute approximate surface area is 150 Å². The van der Waals surface area contributed by atoms with Crippen molar-refractivity contribution >= 4 is 5.91 Å². The van der Waals surface area contributed by atoms with Crippen LogP contribution in [0.3, 0.4) is 0 Å². The number of carbonyl (C=O) groups is 1. The Balaban J connectivity index is 3.33. The van der Waals surface area contributed by atoms with Crippen molar-refractivity contribution in [3.05, 3.63) is 12.2 Å². The summed E-state index contributed by atoms with van der Waals surface area (Å²) in [6.45, 7) is 6.20. The molecule has 0 fully saturated rings. The predicted octanol–water partition coefficient (Wildman–Crippen LogP) is 5.52. The molecule has 0 aromatic heterocycles. The quantitative estimate of drug-likeness (QED) is 0.287. The van der Waals surface area contributed by atoms with Gasteiger partial charge in [0, 0.05) is 12.5 Å². The molecule has 1 atom stereocenters. The molecule has 0 aromatic carbocycles. The van der Waals surface area contributed by atoms with Crippen molar-refractivity contribution in [2.75, 3.05) is 0 Å². The van der Waals surface area contributed by atoms with Gasteiger partial charge in [-0.15, -0.1) is 0 Å². The maximum atomic E-state index is 11.5. The van der Waals surface area contributed by atoms with Crippen LogP contribution in [0.15, 0.2) is 12.2 Å². The Morgan fingerprint density at radius 1 is 0.958 bits per heavy atom. The third-order valence-corrected chi connectivity index (χ3v) is 4.19. The van der Waals surface area contributed by atoms with Crippen LogP contribution in [0.2, 0.25) is 0 Å². The fraction of sp³-hybridized carbons (Fsp3) is 0.857. The SMILES string of the molecule is CCCCCC[C@@H](O)C/C=C\CCCCCCCC(=O)NC(C)C. The van der Waals surface area contributed by atoms with Crippen LogP contribution < -0.4 is 5.32 Å². The molecular weight excluding hydrogens is 298 g/mol. The average Bonchev–Trinajstić information content (AvgIpc) is 2.52. The highest BCUT2D eigenvalue weighted by atomic mass is 16.3. The number of carbonyl (C=O) groups excluding carboxylic acids is 1. The second-order valence-electron chi connectivity index (χ2n) is 7.24. The summed E-state index contributed by atoms with van der Waals surface area (Å²) in [4.78, 5) is 11.5. The molecule has 0 rings (SSSR count). The molecule has 1 amide bonds. The summed E-state index contributed by atoms with van der Waals surface area (Å²) in [7, 11) is 0. The summed E-state index contributed by atoms with van der Waals surface area (Å²) in [5.74, 6) is 0.182. The number of hydrogen-bond donors (Lipinski definition) is 2. The standard InChI is InChI=1S/C21H41NO2/c1-4-5-6-13-16-20(23)17-14-11-9-7-8-10-12-15-18-21(24)22-19(2)3/h11,14,19-20,23H,4-10,12-13,15-18H2,1-3H3,(H,22,24)/b14-11-/t20-/m1/s1. The molecule has 0 bridgehead atoms. The topological polar surface area (TPSA) is 49.3 Å². The summed E-state index contributed by atoms with van der Waals surface area (Å²) in [6.07, 6.45) is 18.4. The van der Waals surface area contributed by atoms with E-state index in [1.54, 1.807) is 0 Å². The van der Waals surface area contributed by atoms with Gasteiger partial charge in [-0.25, -0.2) is 0 Å². The molecule has 0 saturated heterocycles. The first kappa shape index (κ1) is 23.2. The van der Waals surface area contributed by atoms with Crippen molar-refractivity contribution in [2.45, 2.75) is 116 Å². The van der Waals surface area contributed by atoms with Crippen LogP contribution in [0.1, 0.15) is 104 Å². The molecule has 0 saturated carbocycles. The van der Waals surface area contributed by atoms with E-state index in [0.717, 1.165) is 38.5 Å². The highest BCUT2D eigenvalue weighted by Gasteiger charge is 2.02. The number of aliphatic hydroxyl groups is 1. The van der Waals surface area contributed by atoms with E-state index >= 15 is 0 Å². The first-order chi connectivity index (χ1) is 11.6. The average molecular weight is 340 g/mol. The molecule has 0 aliphatic rings. The minimum Gasteiger partial charge on any atom is -0.393 e. The minimum absolute atomic E-state index is 0.157. The molecular formula is C21H41NO2. The van der Waals surface area contributed by atoms with E-state index in [1.165, 1.54) is 38.5 Å². The van der Waals surface area contributed by atoms with Crippen LogP contribution in [0.5, 0.6) is 0 Å². The lowest BCUT2D eigenvalue weighted by molar-refractivity contribution is -0.121. The lowest BCUT2D eigenvalue weighted by atomic mass is 10.1. The third kappa shape index (κ3) is 17.5. The third-order valence-electron chi connectivity index (χ3n) is 4.19. The number of nitrogens with one attached hydrogen (secondary N) is 1. The van der Waals surface area contributed by atoms with Crippen molar-refractivity contribution < 1.29 is 9.90 Å². The molecule has 0 aliphatic heterocycles. The van der Waals surface area contributed by atoms with Gasteiger partial charge in [-0.3, -0.25) is 4.79 Å². The molecule has 0 unspecified atom stereocenters. The van der Waals surface area contributed by atoms with E-state index in [1.807, 2.05) is 13.8 Å². The van der Waals surface area contributed by atoms with Gasteiger partial charge < -0.3 is 10.4 Å². The number of allylic oxidation sites excluding steroid dienone is 1. The van der Waals surface area contributed by atoms with Gasteiger partial charge in [-0.1, -0.05) is 64.0 Å². The molecule has 0 aromatic rings. The second kappa shape index (κ2) is 17.0. The Bertz CT molecular complexity index is 313. The van der Waals surface area contributed by atoms with E-state index in [9.17, 15) is 9.90 Å².